The van der Waals surface area contributed by atoms with Gasteiger partial charge in [0.25, 0.3) is 0 Å². The summed E-state index contributed by atoms with van der Waals surface area (Å²) in [5.74, 6) is -0.401. The van der Waals surface area contributed by atoms with E-state index in [1.54, 1.807) is 18.2 Å². The van der Waals surface area contributed by atoms with Gasteiger partial charge >= 0.3 is 12.0 Å². The number of nitrogens with zero attached hydrogens (tertiary/aromatic N) is 1. The fraction of sp³-hybridized carbons (Fsp3) is 0.385. The Hall–Kier alpha value is -1.46. The number of methoxy groups -OCH3 is 1. The average molecular weight is 317 g/mol. The van der Waals surface area contributed by atoms with Gasteiger partial charge in [0.05, 0.1) is 7.11 Å². The molecule has 0 saturated carbocycles. The molecule has 1 fully saturated rings. The molecule has 1 unspecified atom stereocenters. The van der Waals surface area contributed by atoms with Crippen molar-refractivity contribution < 1.29 is 14.3 Å². The molecule has 1 heterocycles. The lowest BCUT2D eigenvalue weighted by Gasteiger charge is -2.23. The van der Waals surface area contributed by atoms with E-state index in [1.165, 1.54) is 12.0 Å². The SMILES string of the molecule is COC(=O)C1CCCN1C(=O)Nc1cc(Cl)cc(Cl)c1. The van der Waals surface area contributed by atoms with Crippen LogP contribution < -0.4 is 5.32 Å². The monoisotopic (exact) mass is 316 g/mol. The van der Waals surface area contributed by atoms with E-state index in [-0.39, 0.29) is 6.03 Å². The normalized spacial score (nSPS) is 17.9. The van der Waals surface area contributed by atoms with Crippen LogP contribution in [-0.4, -0.2) is 36.6 Å². The van der Waals surface area contributed by atoms with E-state index in [0.717, 1.165) is 6.42 Å². The number of rotatable bonds is 2. The molecule has 0 aliphatic carbocycles. The second kappa shape index (κ2) is 6.33. The third-order valence-corrected chi connectivity index (χ3v) is 3.54. The summed E-state index contributed by atoms with van der Waals surface area (Å²) in [6.07, 6.45) is 1.37. The van der Waals surface area contributed by atoms with Gasteiger partial charge in [-0.3, -0.25) is 0 Å². The Balaban J connectivity index is 2.09. The molecule has 0 aromatic heterocycles. The third-order valence-electron chi connectivity index (χ3n) is 3.10. The molecule has 1 aliphatic rings. The summed E-state index contributed by atoms with van der Waals surface area (Å²) in [5, 5.41) is 3.54. The fourth-order valence-corrected chi connectivity index (χ4v) is 2.74. The van der Waals surface area contributed by atoms with Gasteiger partial charge in [-0.15, -0.1) is 0 Å². The standard InChI is InChI=1S/C13H14Cl2N2O3/c1-20-12(18)11-3-2-4-17(11)13(19)16-10-6-8(14)5-9(15)7-10/h5-7,11H,2-4H2,1H3,(H,16,19). The molecule has 0 bridgehead atoms. The minimum absolute atomic E-state index is 0.365. The van der Waals surface area contributed by atoms with Crippen LogP contribution in [0.25, 0.3) is 0 Å². The molecule has 20 heavy (non-hydrogen) atoms. The molecule has 1 atom stereocenters. The topological polar surface area (TPSA) is 58.6 Å². The van der Waals surface area contributed by atoms with Gasteiger partial charge in [-0.25, -0.2) is 9.59 Å². The lowest BCUT2D eigenvalue weighted by molar-refractivity contribution is -0.144. The summed E-state index contributed by atoms with van der Waals surface area (Å²) < 4.78 is 4.70. The van der Waals surface area contributed by atoms with E-state index in [4.69, 9.17) is 27.9 Å². The van der Waals surface area contributed by atoms with Crippen LogP contribution in [0.4, 0.5) is 10.5 Å². The Kier molecular flexibility index (Phi) is 4.73. The quantitative estimate of drug-likeness (QED) is 0.853. The van der Waals surface area contributed by atoms with Gasteiger partial charge in [0.1, 0.15) is 6.04 Å². The van der Waals surface area contributed by atoms with Crippen LogP contribution >= 0.6 is 23.2 Å². The van der Waals surface area contributed by atoms with Crippen LogP contribution in [0.1, 0.15) is 12.8 Å². The van der Waals surface area contributed by atoms with Crippen molar-refractivity contribution in [3.05, 3.63) is 28.2 Å². The maximum Gasteiger partial charge on any atom is 0.328 e. The first kappa shape index (κ1) is 14.9. The second-order valence-electron chi connectivity index (χ2n) is 4.46. The number of nitrogens with one attached hydrogen (secondary N) is 1. The number of urea groups is 1. The number of likely N-dealkylation sites (tertiary alicyclic amines) is 1. The maximum absolute atomic E-state index is 12.2. The highest BCUT2D eigenvalue weighted by Gasteiger charge is 2.34. The van der Waals surface area contributed by atoms with E-state index in [9.17, 15) is 9.59 Å². The average Bonchev–Trinajstić information content (AvgIpc) is 2.85. The molecule has 1 N–H and O–H groups in total. The van der Waals surface area contributed by atoms with Crippen LogP contribution in [-0.2, 0) is 9.53 Å². The number of esters is 1. The molecular weight excluding hydrogens is 303 g/mol. The smallest absolute Gasteiger partial charge is 0.328 e. The van der Waals surface area contributed by atoms with Gasteiger partial charge in [-0.2, -0.15) is 0 Å². The summed E-state index contributed by atoms with van der Waals surface area (Å²) in [7, 11) is 1.31. The highest BCUT2D eigenvalue weighted by Crippen LogP contribution is 2.24. The van der Waals surface area contributed by atoms with Crippen molar-refractivity contribution in [1.82, 2.24) is 4.90 Å². The lowest BCUT2D eigenvalue weighted by Crippen LogP contribution is -2.43. The van der Waals surface area contributed by atoms with Crippen molar-refractivity contribution in [2.75, 3.05) is 19.0 Å². The molecule has 1 saturated heterocycles. The van der Waals surface area contributed by atoms with Crippen molar-refractivity contribution in [2.45, 2.75) is 18.9 Å². The number of ether oxygens (including phenoxy) is 1. The zero-order chi connectivity index (χ0) is 14.7. The molecule has 5 nitrogen and oxygen atoms in total. The van der Waals surface area contributed by atoms with Gasteiger partial charge in [-0.1, -0.05) is 23.2 Å². The van der Waals surface area contributed by atoms with Crippen molar-refractivity contribution in [2.24, 2.45) is 0 Å². The van der Waals surface area contributed by atoms with Crippen LogP contribution in [0.5, 0.6) is 0 Å². The maximum atomic E-state index is 12.2. The minimum atomic E-state index is -0.533. The number of hydrogen-bond donors (Lipinski definition) is 1. The van der Waals surface area contributed by atoms with Crippen molar-refractivity contribution in [1.29, 1.82) is 0 Å². The Morgan fingerprint density at radius 1 is 1.30 bits per heavy atom. The number of benzene rings is 1. The number of amides is 2. The molecule has 2 rings (SSSR count). The van der Waals surface area contributed by atoms with Crippen molar-refractivity contribution >= 4 is 40.9 Å². The zero-order valence-electron chi connectivity index (χ0n) is 10.9. The third kappa shape index (κ3) is 3.35. The minimum Gasteiger partial charge on any atom is -0.467 e. The first-order valence-corrected chi connectivity index (χ1v) is 6.88. The Labute approximate surface area is 126 Å². The molecular formula is C13H14Cl2N2O3. The number of carbonyl (C=O) groups excluding carboxylic acids is 2. The van der Waals surface area contributed by atoms with E-state index < -0.39 is 12.0 Å². The van der Waals surface area contributed by atoms with Gasteiger partial charge < -0.3 is 15.0 Å². The van der Waals surface area contributed by atoms with Crippen molar-refractivity contribution in [3.8, 4) is 0 Å². The van der Waals surface area contributed by atoms with Crippen LogP contribution in [0.3, 0.4) is 0 Å². The molecule has 7 heteroatoms. The van der Waals surface area contributed by atoms with Crippen molar-refractivity contribution in [3.63, 3.8) is 0 Å². The second-order valence-corrected chi connectivity index (χ2v) is 5.34. The molecule has 1 aromatic carbocycles. The van der Waals surface area contributed by atoms with Gasteiger partial charge in [0, 0.05) is 22.3 Å². The highest BCUT2D eigenvalue weighted by molar-refractivity contribution is 6.35. The predicted octanol–water partition coefficient (Wildman–Crippen LogP) is 3.16. The van der Waals surface area contributed by atoms with Crippen LogP contribution in [0.2, 0.25) is 10.0 Å². The summed E-state index contributed by atoms with van der Waals surface area (Å²) >= 11 is 11.7. The Morgan fingerprint density at radius 2 is 1.95 bits per heavy atom. The van der Waals surface area contributed by atoms with E-state index in [1.807, 2.05) is 0 Å². The molecule has 2 amide bonds. The predicted molar refractivity (Wildman–Crippen MR) is 77.2 cm³/mol. The zero-order valence-corrected chi connectivity index (χ0v) is 12.4. The summed E-state index contributed by atoms with van der Waals surface area (Å²) in [6.45, 7) is 0.514. The number of carbonyl (C=O) groups is 2. The molecule has 108 valence electrons. The lowest BCUT2D eigenvalue weighted by atomic mass is 10.2. The van der Waals surface area contributed by atoms with Crippen LogP contribution in [0, 0.1) is 0 Å². The van der Waals surface area contributed by atoms with E-state index in [0.29, 0.717) is 28.7 Å². The first-order chi connectivity index (χ1) is 9.51. The van der Waals surface area contributed by atoms with E-state index in [2.05, 4.69) is 5.32 Å². The van der Waals surface area contributed by atoms with Gasteiger partial charge in [-0.05, 0) is 31.0 Å². The molecule has 1 aliphatic heterocycles. The highest BCUT2D eigenvalue weighted by atomic mass is 35.5. The van der Waals surface area contributed by atoms with Crippen LogP contribution in [0.15, 0.2) is 18.2 Å². The summed E-state index contributed by atoms with van der Waals surface area (Å²) in [5.41, 5.74) is 0.489. The molecule has 0 radical (unpaired) electrons. The molecule has 1 aromatic rings. The summed E-state index contributed by atoms with van der Waals surface area (Å²) in [6, 6.07) is 3.86. The molecule has 0 spiro atoms. The number of halogens is 2. The first-order valence-electron chi connectivity index (χ1n) is 6.13. The largest absolute Gasteiger partial charge is 0.467 e. The van der Waals surface area contributed by atoms with E-state index >= 15 is 0 Å². The fourth-order valence-electron chi connectivity index (χ4n) is 2.21. The Morgan fingerprint density at radius 3 is 2.55 bits per heavy atom. The Bertz CT molecular complexity index is 516. The van der Waals surface area contributed by atoms with Gasteiger partial charge in [0.2, 0.25) is 0 Å². The van der Waals surface area contributed by atoms with Gasteiger partial charge in [0.15, 0.2) is 0 Å². The summed E-state index contributed by atoms with van der Waals surface area (Å²) in [4.78, 5) is 25.3. The number of anilines is 1. The number of hydrogen-bond acceptors (Lipinski definition) is 3.